The van der Waals surface area contributed by atoms with Crippen LogP contribution in [0.4, 0.5) is 0 Å². The molecule has 0 saturated heterocycles. The van der Waals surface area contributed by atoms with Gasteiger partial charge < -0.3 is 14.2 Å². The van der Waals surface area contributed by atoms with Crippen LogP contribution in [0.5, 0.6) is 17.2 Å². The summed E-state index contributed by atoms with van der Waals surface area (Å²) in [5.74, 6) is 2.80. The van der Waals surface area contributed by atoms with Crippen molar-refractivity contribution >= 4 is 18.2 Å². The zero-order valence-corrected chi connectivity index (χ0v) is 32.4. The monoisotopic (exact) mass is 667 g/mol. The highest BCUT2D eigenvalue weighted by molar-refractivity contribution is 5.85. The topological polar surface area (TPSA) is 27.7 Å². The quantitative estimate of drug-likeness (QED) is 0.0999. The van der Waals surface area contributed by atoms with Crippen molar-refractivity contribution in [2.45, 2.75) is 158 Å². The summed E-state index contributed by atoms with van der Waals surface area (Å²) in [5, 5.41) is 0. The van der Waals surface area contributed by atoms with Gasteiger partial charge in [-0.3, -0.25) is 0 Å². The lowest BCUT2D eigenvalue weighted by Gasteiger charge is -2.23. The lowest BCUT2D eigenvalue weighted by atomic mass is 9.95. The third-order valence-corrected chi connectivity index (χ3v) is 9.53. The predicted molar refractivity (Wildman–Crippen MR) is 214 cm³/mol. The number of hydrogen-bond donors (Lipinski definition) is 0. The van der Waals surface area contributed by atoms with E-state index in [0.717, 1.165) is 78.0 Å². The maximum atomic E-state index is 6.80. The Kier molecular flexibility index (Phi) is 17.6. The summed E-state index contributed by atoms with van der Waals surface area (Å²) in [6, 6.07) is 17.7. The summed E-state index contributed by atoms with van der Waals surface area (Å²) in [5.41, 5.74) is 8.16. The minimum Gasteiger partial charge on any atom is -0.490 e. The van der Waals surface area contributed by atoms with Crippen molar-refractivity contribution in [2.75, 3.05) is 0 Å². The fourth-order valence-corrected chi connectivity index (χ4v) is 6.33. The van der Waals surface area contributed by atoms with E-state index in [9.17, 15) is 0 Å². The van der Waals surface area contributed by atoms with Crippen LogP contribution in [0.1, 0.15) is 153 Å². The van der Waals surface area contributed by atoms with Crippen LogP contribution >= 0.6 is 0 Å². The predicted octanol–water partition coefficient (Wildman–Crippen LogP) is 14.2. The molecule has 3 nitrogen and oxygen atoms in total. The first-order chi connectivity index (χ1) is 23.8. The van der Waals surface area contributed by atoms with Crippen molar-refractivity contribution in [3.63, 3.8) is 0 Å². The number of ether oxygens (including phenoxy) is 3. The lowest BCUT2D eigenvalue weighted by Crippen LogP contribution is -2.17. The SMILES string of the molecule is C/C=C/c1cc(C)c(/C=C/c2ccc(C)cc2-c2cc(OC(CC)CCCC)ccc2OC(CC)CCCC)cc1OC(CC)CCCC. The number of aryl methyl sites for hydroxylation is 2. The summed E-state index contributed by atoms with van der Waals surface area (Å²) in [6.07, 6.45) is 22.6. The van der Waals surface area contributed by atoms with Crippen LogP contribution in [0.2, 0.25) is 0 Å². The zero-order valence-electron chi connectivity index (χ0n) is 32.4. The molecular weight excluding hydrogens is 601 g/mol. The molecule has 0 heterocycles. The normalized spacial score (nSPS) is 13.6. The fraction of sp³-hybridized carbons (Fsp3) is 0.522. The van der Waals surface area contributed by atoms with Crippen LogP contribution in [0.3, 0.4) is 0 Å². The van der Waals surface area contributed by atoms with E-state index in [0.29, 0.717) is 0 Å². The Labute approximate surface area is 300 Å². The van der Waals surface area contributed by atoms with E-state index >= 15 is 0 Å². The third-order valence-electron chi connectivity index (χ3n) is 9.53. The minimum absolute atomic E-state index is 0.184. The zero-order chi connectivity index (χ0) is 35.6. The van der Waals surface area contributed by atoms with Gasteiger partial charge in [0, 0.05) is 11.1 Å². The Bertz CT molecular complexity index is 1470. The summed E-state index contributed by atoms with van der Waals surface area (Å²) >= 11 is 0. The molecule has 0 saturated carbocycles. The van der Waals surface area contributed by atoms with Crippen molar-refractivity contribution in [2.24, 2.45) is 0 Å². The van der Waals surface area contributed by atoms with E-state index in [1.54, 1.807) is 0 Å². The van der Waals surface area contributed by atoms with E-state index in [1.165, 1.54) is 55.2 Å². The van der Waals surface area contributed by atoms with Crippen molar-refractivity contribution < 1.29 is 14.2 Å². The fourth-order valence-electron chi connectivity index (χ4n) is 6.33. The maximum Gasteiger partial charge on any atom is 0.127 e. The molecule has 0 amide bonds. The highest BCUT2D eigenvalue weighted by Crippen LogP contribution is 2.39. The summed E-state index contributed by atoms with van der Waals surface area (Å²) in [7, 11) is 0. The maximum absolute atomic E-state index is 6.80. The van der Waals surface area contributed by atoms with E-state index in [-0.39, 0.29) is 18.3 Å². The van der Waals surface area contributed by atoms with E-state index in [2.05, 4.69) is 135 Å². The van der Waals surface area contributed by atoms with Gasteiger partial charge in [0.15, 0.2) is 0 Å². The van der Waals surface area contributed by atoms with Gasteiger partial charge in [-0.05, 0) is 112 Å². The number of unbranched alkanes of at least 4 members (excludes halogenated alkanes) is 3. The van der Waals surface area contributed by atoms with Gasteiger partial charge in [-0.1, -0.05) is 128 Å². The van der Waals surface area contributed by atoms with Crippen molar-refractivity contribution in [3.8, 4) is 28.4 Å². The molecule has 0 bridgehead atoms. The Hall–Kier alpha value is -3.46. The second-order valence-electron chi connectivity index (χ2n) is 13.7. The Morgan fingerprint density at radius 3 is 1.67 bits per heavy atom. The Morgan fingerprint density at radius 1 is 0.531 bits per heavy atom. The molecule has 3 aromatic carbocycles. The third kappa shape index (κ3) is 12.4. The Balaban J connectivity index is 2.11. The largest absolute Gasteiger partial charge is 0.490 e. The summed E-state index contributed by atoms with van der Waals surface area (Å²) < 4.78 is 20.1. The first-order valence-corrected chi connectivity index (χ1v) is 19.5. The molecule has 268 valence electrons. The average molecular weight is 667 g/mol. The van der Waals surface area contributed by atoms with Crippen LogP contribution in [-0.4, -0.2) is 18.3 Å². The molecule has 0 aromatic heterocycles. The smallest absolute Gasteiger partial charge is 0.127 e. The van der Waals surface area contributed by atoms with Crippen molar-refractivity contribution in [3.05, 3.63) is 82.4 Å². The molecule has 3 unspecified atom stereocenters. The summed E-state index contributed by atoms with van der Waals surface area (Å²) in [4.78, 5) is 0. The Morgan fingerprint density at radius 2 is 1.10 bits per heavy atom. The molecule has 3 atom stereocenters. The van der Waals surface area contributed by atoms with Gasteiger partial charge >= 0.3 is 0 Å². The molecule has 0 fully saturated rings. The molecule has 3 rings (SSSR count). The van der Waals surface area contributed by atoms with Gasteiger partial charge in [0.2, 0.25) is 0 Å². The van der Waals surface area contributed by atoms with Crippen molar-refractivity contribution in [1.29, 1.82) is 0 Å². The van der Waals surface area contributed by atoms with Gasteiger partial charge in [-0.25, -0.2) is 0 Å². The molecule has 0 aliphatic rings. The standard InChI is InChI=1S/C46H66O3/c1-10-17-21-39(14-5)47-42-28-29-45(48-40(15-6)22-18-11-2)44(33-42)43-30-34(8)24-25-36(43)26-27-37-32-46(38(20-13-4)31-35(37)9)49-41(16-7)23-19-12-3/h13,20,24-33,39-41H,10-12,14-19,21-23H2,1-9H3/b20-13+,27-26+. The molecule has 3 heteroatoms. The molecule has 0 aliphatic heterocycles. The van der Waals surface area contributed by atoms with Crippen LogP contribution in [0.15, 0.2) is 54.6 Å². The second-order valence-corrected chi connectivity index (χ2v) is 13.7. The van der Waals surface area contributed by atoms with Crippen LogP contribution in [0.25, 0.3) is 29.4 Å². The first-order valence-electron chi connectivity index (χ1n) is 19.5. The van der Waals surface area contributed by atoms with Crippen LogP contribution < -0.4 is 14.2 Å². The number of allylic oxidation sites excluding steroid dienone is 1. The lowest BCUT2D eigenvalue weighted by molar-refractivity contribution is 0.178. The molecule has 49 heavy (non-hydrogen) atoms. The van der Waals surface area contributed by atoms with Gasteiger partial charge in [0.05, 0.1) is 18.3 Å². The number of rotatable bonds is 22. The molecule has 0 spiro atoms. The number of benzene rings is 3. The second kappa shape index (κ2) is 21.6. The van der Waals surface area contributed by atoms with Gasteiger partial charge in [-0.2, -0.15) is 0 Å². The summed E-state index contributed by atoms with van der Waals surface area (Å²) in [6.45, 7) is 19.8. The molecule has 0 aliphatic carbocycles. The first kappa shape index (κ1) is 40.0. The van der Waals surface area contributed by atoms with E-state index in [4.69, 9.17) is 14.2 Å². The number of hydrogen-bond acceptors (Lipinski definition) is 3. The van der Waals surface area contributed by atoms with Gasteiger partial charge in [0.25, 0.3) is 0 Å². The molecular formula is C46H66O3. The van der Waals surface area contributed by atoms with E-state index < -0.39 is 0 Å². The highest BCUT2D eigenvalue weighted by atomic mass is 16.5. The molecule has 0 N–H and O–H groups in total. The van der Waals surface area contributed by atoms with Gasteiger partial charge in [-0.15, -0.1) is 0 Å². The highest BCUT2D eigenvalue weighted by Gasteiger charge is 2.18. The minimum atomic E-state index is 0.184. The van der Waals surface area contributed by atoms with Crippen LogP contribution in [0, 0.1) is 13.8 Å². The van der Waals surface area contributed by atoms with Gasteiger partial charge in [0.1, 0.15) is 17.2 Å². The van der Waals surface area contributed by atoms with E-state index in [1.807, 2.05) is 0 Å². The molecule has 3 aromatic rings. The average Bonchev–Trinajstić information content (AvgIpc) is 3.11. The van der Waals surface area contributed by atoms with Crippen molar-refractivity contribution in [1.82, 2.24) is 0 Å². The van der Waals surface area contributed by atoms with Crippen LogP contribution in [-0.2, 0) is 0 Å². The molecule has 0 radical (unpaired) electrons.